The van der Waals surface area contributed by atoms with Crippen molar-refractivity contribution in [3.63, 3.8) is 0 Å². The zero-order valence-electron chi connectivity index (χ0n) is 40.8. The van der Waals surface area contributed by atoms with Crippen molar-refractivity contribution in [3.8, 4) is 0 Å². The van der Waals surface area contributed by atoms with Gasteiger partial charge in [-0.25, -0.2) is 4.98 Å². The van der Waals surface area contributed by atoms with Gasteiger partial charge in [-0.15, -0.1) is 0 Å². The first-order valence-corrected chi connectivity index (χ1v) is 22.3. The molecule has 0 bridgehead atoms. The molecule has 338 valence electrons. The number of para-hydroxylation sites is 3. The molecule has 0 N–H and O–H groups in total. The second kappa shape index (κ2) is 22.9. The predicted octanol–water partition coefficient (Wildman–Crippen LogP) is 13.2. The Hall–Kier alpha value is -7.85. The highest BCUT2D eigenvalue weighted by atomic mass is 15.0. The fourth-order valence-electron chi connectivity index (χ4n) is 7.66. The monoisotopic (exact) mass is 885 g/mol. The molecule has 0 atom stereocenters. The summed E-state index contributed by atoms with van der Waals surface area (Å²) in [4.78, 5) is 38.3. The second-order valence-corrected chi connectivity index (χ2v) is 16.6. The summed E-state index contributed by atoms with van der Waals surface area (Å²) in [6, 6.07) is 37.3. The normalized spacial score (nSPS) is 10.4. The molecule has 0 saturated carbocycles. The second-order valence-electron chi connectivity index (χ2n) is 16.6. The molecular weight excluding hydrogens is 825 g/mol. The molecule has 0 unspecified atom stereocenters. The highest BCUT2D eigenvalue weighted by Crippen LogP contribution is 2.19. The zero-order chi connectivity index (χ0) is 48.0. The lowest BCUT2D eigenvalue weighted by molar-refractivity contribution is 0.886. The minimum absolute atomic E-state index is 0.977. The molecule has 6 heterocycles. The lowest BCUT2D eigenvalue weighted by Crippen LogP contribution is -1.89. The molecule has 6 aromatic heterocycles. The van der Waals surface area contributed by atoms with Crippen LogP contribution in [0.15, 0.2) is 146 Å². The number of aryl methyl sites for hydroxylation is 12. The highest BCUT2D eigenvalue weighted by Gasteiger charge is 2.03. The van der Waals surface area contributed by atoms with Crippen molar-refractivity contribution < 1.29 is 0 Å². The van der Waals surface area contributed by atoms with Crippen molar-refractivity contribution in [2.24, 2.45) is 7.05 Å². The maximum absolute atomic E-state index is 4.44. The Morgan fingerprint density at radius 1 is 0.388 bits per heavy atom. The minimum atomic E-state index is 0.977. The number of imidazole rings is 1. The molecule has 10 nitrogen and oxygen atoms in total. The first kappa shape index (κ1) is 48.6. The molecule has 11 rings (SSSR count). The van der Waals surface area contributed by atoms with E-state index in [-0.39, 0.29) is 0 Å². The number of nitrogens with zero attached hydrogens (tertiary/aromatic N) is 10. The molecule has 11 aromatic rings. The Kier molecular flexibility index (Phi) is 16.6. The summed E-state index contributed by atoms with van der Waals surface area (Å²) in [6.07, 6.45) is 10.4. The van der Waals surface area contributed by atoms with Gasteiger partial charge in [0.05, 0.1) is 50.0 Å². The molecular formula is C57H60N10. The van der Waals surface area contributed by atoms with Crippen molar-refractivity contribution in [2.45, 2.75) is 76.2 Å². The van der Waals surface area contributed by atoms with E-state index >= 15 is 0 Å². The first-order valence-electron chi connectivity index (χ1n) is 22.3. The van der Waals surface area contributed by atoms with Crippen LogP contribution >= 0.6 is 0 Å². The van der Waals surface area contributed by atoms with Crippen LogP contribution in [-0.4, -0.2) is 49.4 Å². The van der Waals surface area contributed by atoms with Gasteiger partial charge in [-0.05, 0) is 146 Å². The van der Waals surface area contributed by atoms with E-state index < -0.39 is 0 Å². The molecule has 0 spiro atoms. The molecule has 0 amide bonds. The van der Waals surface area contributed by atoms with Gasteiger partial charge in [-0.2, -0.15) is 0 Å². The number of pyridine rings is 2. The average Bonchev–Trinajstić information content (AvgIpc) is 3.60. The molecule has 0 aliphatic carbocycles. The first-order chi connectivity index (χ1) is 32.2. The largest absolute Gasteiger partial charge is 0.331 e. The summed E-state index contributed by atoms with van der Waals surface area (Å²) >= 11 is 0. The van der Waals surface area contributed by atoms with Crippen LogP contribution in [0.2, 0.25) is 0 Å². The van der Waals surface area contributed by atoms with Crippen molar-refractivity contribution >= 4 is 54.8 Å². The molecule has 10 heteroatoms. The fraction of sp³-hybridized carbons (Fsp3) is 0.211. The van der Waals surface area contributed by atoms with Gasteiger partial charge in [0.25, 0.3) is 0 Å². The van der Waals surface area contributed by atoms with E-state index in [1.807, 2.05) is 78.1 Å². The van der Waals surface area contributed by atoms with Gasteiger partial charge >= 0.3 is 0 Å². The standard InChI is InChI=1S/2C11H11N.2C10H10N2.C9H10N2.C6H8N2/c1-8-7-10-5-3-4-6-11(10)9(2)12-8;1-8-7-9(2)12-11-6-4-3-5-10(8)11;1-7-5-8(2)10-9(6-7)11-3-4-12-10;1-7-3-4-8(2)10-9(7)11-5-6-12-10;1-7-10-8-5-3-4-6-9(8)11(7)2;1-5-3-7-4-6(2)8-5/h2*3-7H,1-2H3;2*3-6H,1-2H3;3-6H,1-2H3;3-4H,1-2H3. The van der Waals surface area contributed by atoms with Gasteiger partial charge in [0.2, 0.25) is 0 Å². The smallest absolute Gasteiger partial charge is 0.106 e. The van der Waals surface area contributed by atoms with Gasteiger partial charge < -0.3 is 4.57 Å². The third-order valence-electron chi connectivity index (χ3n) is 10.9. The fourth-order valence-corrected chi connectivity index (χ4v) is 7.66. The van der Waals surface area contributed by atoms with E-state index in [4.69, 9.17) is 0 Å². The molecule has 0 fully saturated rings. The summed E-state index contributed by atoms with van der Waals surface area (Å²) in [7, 11) is 2.03. The Morgan fingerprint density at radius 3 is 1.57 bits per heavy atom. The third kappa shape index (κ3) is 13.1. The zero-order valence-corrected chi connectivity index (χ0v) is 40.8. The summed E-state index contributed by atoms with van der Waals surface area (Å²) < 4.78 is 2.09. The number of rotatable bonds is 0. The van der Waals surface area contributed by atoms with Crippen molar-refractivity contribution in [2.75, 3.05) is 0 Å². The van der Waals surface area contributed by atoms with Crippen molar-refractivity contribution in [1.82, 2.24) is 49.4 Å². The van der Waals surface area contributed by atoms with Crippen molar-refractivity contribution in [1.29, 1.82) is 0 Å². The average molecular weight is 885 g/mol. The van der Waals surface area contributed by atoms with E-state index in [0.717, 1.165) is 67.4 Å². The molecule has 0 aliphatic heterocycles. The molecule has 67 heavy (non-hydrogen) atoms. The van der Waals surface area contributed by atoms with Gasteiger partial charge in [0.1, 0.15) is 5.82 Å². The Bertz CT molecular complexity index is 3160. The molecule has 0 aliphatic rings. The van der Waals surface area contributed by atoms with Gasteiger partial charge in [0, 0.05) is 72.1 Å². The van der Waals surface area contributed by atoms with Crippen LogP contribution in [0.4, 0.5) is 0 Å². The van der Waals surface area contributed by atoms with Crippen molar-refractivity contribution in [3.05, 3.63) is 208 Å². The summed E-state index contributed by atoms with van der Waals surface area (Å²) in [5.41, 5.74) is 18.7. The van der Waals surface area contributed by atoms with Crippen LogP contribution in [0.3, 0.4) is 0 Å². The number of benzene rings is 5. The molecule has 0 saturated heterocycles. The van der Waals surface area contributed by atoms with Gasteiger partial charge in [-0.3, -0.25) is 39.9 Å². The SMILES string of the molecule is Cc1cc(C)c2ccccc2n1.Cc1cc(C)c2nccnc2c1.Cc1cc2ccccc2c(C)n1.Cc1ccc(C)c2nccnc12.Cc1cncc(C)n1.Cc1nc2ccccc2n1C. The Morgan fingerprint density at radius 2 is 0.940 bits per heavy atom. The van der Waals surface area contributed by atoms with Crippen LogP contribution < -0.4 is 0 Å². The number of hydrogen-bond donors (Lipinski definition) is 0. The number of aromatic nitrogens is 10. The van der Waals surface area contributed by atoms with Gasteiger partial charge in [-0.1, -0.05) is 72.8 Å². The van der Waals surface area contributed by atoms with Gasteiger partial charge in [0.15, 0.2) is 0 Å². The van der Waals surface area contributed by atoms with Crippen LogP contribution in [0, 0.1) is 76.2 Å². The van der Waals surface area contributed by atoms with Crippen LogP contribution in [-0.2, 0) is 7.05 Å². The molecule has 5 aromatic carbocycles. The van der Waals surface area contributed by atoms with E-state index in [9.17, 15) is 0 Å². The third-order valence-corrected chi connectivity index (χ3v) is 10.9. The predicted molar refractivity (Wildman–Crippen MR) is 277 cm³/mol. The summed E-state index contributed by atoms with van der Waals surface area (Å²) in [5, 5.41) is 3.79. The van der Waals surface area contributed by atoms with Crippen LogP contribution in [0.1, 0.15) is 62.1 Å². The number of hydrogen-bond acceptors (Lipinski definition) is 9. The maximum Gasteiger partial charge on any atom is 0.106 e. The molecule has 0 radical (unpaired) electrons. The van der Waals surface area contributed by atoms with Crippen LogP contribution in [0.5, 0.6) is 0 Å². The number of fused-ring (bicyclic) bond motifs is 5. The maximum atomic E-state index is 4.44. The lowest BCUT2D eigenvalue weighted by Gasteiger charge is -2.01. The van der Waals surface area contributed by atoms with E-state index in [1.165, 1.54) is 49.5 Å². The Balaban J connectivity index is 0.000000133. The minimum Gasteiger partial charge on any atom is -0.331 e. The van der Waals surface area contributed by atoms with Crippen LogP contribution in [0.25, 0.3) is 54.8 Å². The van der Waals surface area contributed by atoms with E-state index in [2.05, 4.69) is 164 Å². The lowest BCUT2D eigenvalue weighted by atomic mass is 10.1. The summed E-state index contributed by atoms with van der Waals surface area (Å²) in [5.74, 6) is 1.06. The quantitative estimate of drug-likeness (QED) is 0.146. The van der Waals surface area contributed by atoms with E-state index in [1.54, 1.807) is 37.2 Å². The summed E-state index contributed by atoms with van der Waals surface area (Å²) in [6.45, 7) is 22.3. The van der Waals surface area contributed by atoms with E-state index in [0.29, 0.717) is 0 Å². The topological polar surface area (TPSA) is 121 Å². The Labute approximate surface area is 394 Å². The highest BCUT2D eigenvalue weighted by molar-refractivity contribution is 5.85.